The maximum absolute atomic E-state index is 12.6. The molecular formula is C16H22ClN3O2. The first-order valence-electron chi connectivity index (χ1n) is 7.65. The van der Waals surface area contributed by atoms with E-state index in [1.54, 1.807) is 25.2 Å². The molecular weight excluding hydrogens is 302 g/mol. The lowest BCUT2D eigenvalue weighted by Crippen LogP contribution is -2.36. The maximum Gasteiger partial charge on any atom is 0.255 e. The molecule has 0 atom stereocenters. The van der Waals surface area contributed by atoms with E-state index in [9.17, 15) is 9.59 Å². The monoisotopic (exact) mass is 323 g/mol. The van der Waals surface area contributed by atoms with Gasteiger partial charge in [0.1, 0.15) is 0 Å². The Morgan fingerprint density at radius 1 is 1.23 bits per heavy atom. The van der Waals surface area contributed by atoms with Crippen LogP contribution in [-0.4, -0.2) is 43.4 Å². The number of nitrogens with one attached hydrogen (secondary N) is 2. The molecule has 2 rings (SSSR count). The minimum Gasteiger partial charge on any atom is -0.339 e. The third-order valence-electron chi connectivity index (χ3n) is 3.73. The van der Waals surface area contributed by atoms with Gasteiger partial charge < -0.3 is 15.5 Å². The minimum absolute atomic E-state index is 0.0414. The second kappa shape index (κ2) is 8.15. The third-order valence-corrected chi connectivity index (χ3v) is 3.97. The van der Waals surface area contributed by atoms with Crippen LogP contribution < -0.4 is 10.6 Å². The molecule has 1 saturated heterocycles. The van der Waals surface area contributed by atoms with Crippen LogP contribution in [-0.2, 0) is 4.79 Å². The van der Waals surface area contributed by atoms with Crippen LogP contribution in [0.1, 0.15) is 36.0 Å². The number of carbonyl (C=O) groups is 2. The first-order valence-corrected chi connectivity index (χ1v) is 8.03. The summed E-state index contributed by atoms with van der Waals surface area (Å²) in [4.78, 5) is 26.4. The summed E-state index contributed by atoms with van der Waals surface area (Å²) < 4.78 is 0. The number of anilines is 1. The van der Waals surface area contributed by atoms with Crippen LogP contribution in [0.25, 0.3) is 0 Å². The van der Waals surface area contributed by atoms with Crippen molar-refractivity contribution in [2.75, 3.05) is 32.0 Å². The van der Waals surface area contributed by atoms with Crippen molar-refractivity contribution in [3.63, 3.8) is 0 Å². The van der Waals surface area contributed by atoms with Gasteiger partial charge in [-0.1, -0.05) is 11.6 Å². The number of likely N-dealkylation sites (tertiary alicyclic amines) is 1. The molecule has 0 unspecified atom stereocenters. The number of halogens is 1. The third kappa shape index (κ3) is 4.45. The number of benzene rings is 1. The number of amides is 2. The predicted molar refractivity (Wildman–Crippen MR) is 88.4 cm³/mol. The largest absolute Gasteiger partial charge is 0.339 e. The summed E-state index contributed by atoms with van der Waals surface area (Å²) in [6.45, 7) is 2.13. The fourth-order valence-corrected chi connectivity index (χ4v) is 2.70. The van der Waals surface area contributed by atoms with Gasteiger partial charge in [-0.25, -0.2) is 0 Å². The summed E-state index contributed by atoms with van der Waals surface area (Å²) in [6, 6.07) is 5.00. The Hall–Kier alpha value is -1.59. The van der Waals surface area contributed by atoms with Gasteiger partial charge >= 0.3 is 0 Å². The number of hydrogen-bond donors (Lipinski definition) is 2. The molecule has 1 aliphatic rings. The van der Waals surface area contributed by atoms with Crippen LogP contribution in [0.3, 0.4) is 0 Å². The Balaban J connectivity index is 2.15. The van der Waals surface area contributed by atoms with Crippen molar-refractivity contribution in [3.8, 4) is 0 Å². The minimum atomic E-state index is -0.135. The van der Waals surface area contributed by atoms with Gasteiger partial charge in [0.05, 0.1) is 11.3 Å². The summed E-state index contributed by atoms with van der Waals surface area (Å²) in [5.41, 5.74) is 0.994. The molecule has 22 heavy (non-hydrogen) atoms. The zero-order valence-corrected chi connectivity index (χ0v) is 13.6. The van der Waals surface area contributed by atoms with E-state index >= 15 is 0 Å². The molecule has 0 radical (unpaired) electrons. The molecule has 1 aromatic rings. The van der Waals surface area contributed by atoms with Gasteiger partial charge in [0.25, 0.3) is 5.91 Å². The lowest BCUT2D eigenvalue weighted by atomic mass is 10.1. The average Bonchev–Trinajstić information content (AvgIpc) is 2.53. The van der Waals surface area contributed by atoms with Gasteiger partial charge in [-0.05, 0) is 44.5 Å². The van der Waals surface area contributed by atoms with E-state index in [2.05, 4.69) is 10.6 Å². The topological polar surface area (TPSA) is 61.4 Å². The van der Waals surface area contributed by atoms with Crippen molar-refractivity contribution in [1.82, 2.24) is 10.2 Å². The quantitative estimate of drug-likeness (QED) is 0.875. The molecule has 2 amide bonds. The lowest BCUT2D eigenvalue weighted by Gasteiger charge is -2.27. The summed E-state index contributed by atoms with van der Waals surface area (Å²) in [6.07, 6.45) is 3.57. The highest BCUT2D eigenvalue weighted by Gasteiger charge is 2.21. The molecule has 6 heteroatoms. The van der Waals surface area contributed by atoms with E-state index in [1.165, 1.54) is 0 Å². The van der Waals surface area contributed by atoms with Crippen molar-refractivity contribution < 1.29 is 9.59 Å². The lowest BCUT2D eigenvalue weighted by molar-refractivity contribution is -0.116. The second-order valence-corrected chi connectivity index (χ2v) is 5.88. The molecule has 0 saturated carbocycles. The first kappa shape index (κ1) is 16.8. The molecule has 0 aliphatic carbocycles. The highest BCUT2D eigenvalue weighted by atomic mass is 35.5. The van der Waals surface area contributed by atoms with E-state index < -0.39 is 0 Å². The van der Waals surface area contributed by atoms with Crippen molar-refractivity contribution in [2.24, 2.45) is 0 Å². The van der Waals surface area contributed by atoms with Gasteiger partial charge in [0, 0.05) is 31.1 Å². The van der Waals surface area contributed by atoms with Crippen LogP contribution in [0.5, 0.6) is 0 Å². The molecule has 1 heterocycles. The number of carbonyl (C=O) groups excluding carboxylic acids is 2. The average molecular weight is 324 g/mol. The van der Waals surface area contributed by atoms with Crippen molar-refractivity contribution in [2.45, 2.75) is 25.7 Å². The Labute approximate surface area is 136 Å². The van der Waals surface area contributed by atoms with Gasteiger partial charge in [-0.15, -0.1) is 0 Å². The second-order valence-electron chi connectivity index (χ2n) is 5.44. The Kier molecular flexibility index (Phi) is 6.21. The van der Waals surface area contributed by atoms with Gasteiger partial charge in [-0.3, -0.25) is 9.59 Å². The van der Waals surface area contributed by atoms with Gasteiger partial charge in [0.15, 0.2) is 0 Å². The number of hydrogen-bond acceptors (Lipinski definition) is 3. The molecule has 1 aromatic carbocycles. The molecule has 1 aliphatic heterocycles. The van der Waals surface area contributed by atoms with E-state index in [0.29, 0.717) is 29.2 Å². The van der Waals surface area contributed by atoms with E-state index in [0.717, 1.165) is 32.4 Å². The predicted octanol–water partition coefficient (Wildman–Crippen LogP) is 2.51. The van der Waals surface area contributed by atoms with Crippen LogP contribution in [0.15, 0.2) is 18.2 Å². The molecule has 2 N–H and O–H groups in total. The fourth-order valence-electron chi connectivity index (χ4n) is 2.52. The van der Waals surface area contributed by atoms with Crippen LogP contribution in [0.4, 0.5) is 5.69 Å². The maximum atomic E-state index is 12.6. The van der Waals surface area contributed by atoms with Gasteiger partial charge in [-0.2, -0.15) is 0 Å². The van der Waals surface area contributed by atoms with Crippen LogP contribution in [0, 0.1) is 0 Å². The van der Waals surface area contributed by atoms with Crippen LogP contribution >= 0.6 is 11.6 Å². The Bertz CT molecular complexity index is 542. The summed E-state index contributed by atoms with van der Waals surface area (Å²) in [5, 5.41) is 6.22. The van der Waals surface area contributed by atoms with Crippen molar-refractivity contribution >= 4 is 29.1 Å². The molecule has 0 bridgehead atoms. The SMILES string of the molecule is CNCCC(=O)Nc1cc(Cl)ccc1C(=O)N1CCCCC1. The van der Waals surface area contributed by atoms with E-state index in [4.69, 9.17) is 11.6 Å². The number of nitrogens with zero attached hydrogens (tertiary/aromatic N) is 1. The zero-order chi connectivity index (χ0) is 15.9. The summed E-state index contributed by atoms with van der Waals surface area (Å²) in [5.74, 6) is -0.176. The first-order chi connectivity index (χ1) is 10.6. The molecule has 1 fully saturated rings. The highest BCUT2D eigenvalue weighted by Crippen LogP contribution is 2.24. The van der Waals surface area contributed by atoms with E-state index in [-0.39, 0.29) is 11.8 Å². The number of rotatable bonds is 5. The fraction of sp³-hybridized carbons (Fsp3) is 0.500. The van der Waals surface area contributed by atoms with Crippen LogP contribution in [0.2, 0.25) is 5.02 Å². The highest BCUT2D eigenvalue weighted by molar-refractivity contribution is 6.31. The molecule has 0 aromatic heterocycles. The molecule has 5 nitrogen and oxygen atoms in total. The van der Waals surface area contributed by atoms with Crippen molar-refractivity contribution in [3.05, 3.63) is 28.8 Å². The molecule has 120 valence electrons. The zero-order valence-electron chi connectivity index (χ0n) is 12.8. The smallest absolute Gasteiger partial charge is 0.255 e. The molecule has 0 spiro atoms. The Morgan fingerprint density at radius 2 is 1.95 bits per heavy atom. The summed E-state index contributed by atoms with van der Waals surface area (Å²) in [7, 11) is 1.79. The summed E-state index contributed by atoms with van der Waals surface area (Å²) >= 11 is 6.01. The van der Waals surface area contributed by atoms with Gasteiger partial charge in [0.2, 0.25) is 5.91 Å². The normalized spacial score (nSPS) is 14.7. The standard InChI is InChI=1S/C16H22ClN3O2/c1-18-8-7-15(21)19-14-11-12(17)5-6-13(14)16(22)20-9-3-2-4-10-20/h5-6,11,18H,2-4,7-10H2,1H3,(H,19,21). The van der Waals surface area contributed by atoms with Crippen molar-refractivity contribution in [1.29, 1.82) is 0 Å². The van der Waals surface area contributed by atoms with E-state index in [1.807, 2.05) is 4.90 Å². The Morgan fingerprint density at radius 3 is 2.64 bits per heavy atom. The number of piperidine rings is 1.